The van der Waals surface area contributed by atoms with Crippen LogP contribution < -0.4 is 0 Å². The van der Waals surface area contributed by atoms with Gasteiger partial charge in [-0.25, -0.2) is 0 Å². The van der Waals surface area contributed by atoms with Gasteiger partial charge in [-0.3, -0.25) is 14.7 Å². The molecule has 2 aliphatic heterocycles. The van der Waals surface area contributed by atoms with E-state index in [1.807, 2.05) is 41.3 Å². The van der Waals surface area contributed by atoms with Gasteiger partial charge in [0.25, 0.3) is 5.91 Å². The second-order valence-electron chi connectivity index (χ2n) is 8.77. The third-order valence-corrected chi connectivity index (χ3v) is 6.85. The maximum atomic E-state index is 13.1. The maximum Gasteiger partial charge on any atom is 0.253 e. The van der Waals surface area contributed by atoms with E-state index >= 15 is 0 Å². The molecule has 1 spiro atoms. The smallest absolute Gasteiger partial charge is 0.253 e. The molecule has 1 aliphatic carbocycles. The summed E-state index contributed by atoms with van der Waals surface area (Å²) in [5.74, 6) is 1.04. The summed E-state index contributed by atoms with van der Waals surface area (Å²) in [5, 5.41) is 0. The lowest BCUT2D eigenvalue weighted by Gasteiger charge is -2.51. The van der Waals surface area contributed by atoms with Crippen LogP contribution >= 0.6 is 0 Å². The van der Waals surface area contributed by atoms with Gasteiger partial charge in [-0.05, 0) is 67.0 Å². The molecule has 0 N–H and O–H groups in total. The summed E-state index contributed by atoms with van der Waals surface area (Å²) in [4.78, 5) is 21.8. The topological polar surface area (TPSA) is 45.7 Å². The number of amides is 1. The molecule has 0 unspecified atom stereocenters. The third-order valence-electron chi connectivity index (χ3n) is 6.85. The van der Waals surface area contributed by atoms with Gasteiger partial charge < -0.3 is 9.64 Å². The zero-order valence-corrected chi connectivity index (χ0v) is 16.9. The predicted octanol–water partition coefficient (Wildman–Crippen LogP) is 3.47. The molecule has 1 aromatic carbocycles. The average molecular weight is 392 g/mol. The van der Waals surface area contributed by atoms with Crippen LogP contribution in [-0.2, 0) is 4.74 Å². The summed E-state index contributed by atoms with van der Waals surface area (Å²) in [6.45, 7) is 5.56. The normalized spacial score (nSPS) is 22.0. The van der Waals surface area contributed by atoms with Crippen LogP contribution in [0, 0.1) is 5.92 Å². The number of rotatable bonds is 4. The highest BCUT2D eigenvalue weighted by Gasteiger charge is 2.44. The number of pyridine rings is 1. The van der Waals surface area contributed by atoms with E-state index in [2.05, 4.69) is 9.88 Å². The van der Waals surface area contributed by atoms with Crippen LogP contribution in [0.15, 0.2) is 48.8 Å². The van der Waals surface area contributed by atoms with Gasteiger partial charge in [-0.15, -0.1) is 0 Å². The van der Waals surface area contributed by atoms with Gasteiger partial charge in [0.15, 0.2) is 0 Å². The van der Waals surface area contributed by atoms with E-state index < -0.39 is 0 Å². The summed E-state index contributed by atoms with van der Waals surface area (Å²) in [5.41, 5.74) is 3.14. The zero-order valence-electron chi connectivity index (χ0n) is 16.9. The molecular weight excluding hydrogens is 362 g/mol. The molecule has 5 rings (SSSR count). The number of hydrogen-bond acceptors (Lipinski definition) is 4. The van der Waals surface area contributed by atoms with Gasteiger partial charge in [-0.2, -0.15) is 0 Å². The van der Waals surface area contributed by atoms with Crippen molar-refractivity contribution in [3.63, 3.8) is 0 Å². The van der Waals surface area contributed by atoms with Crippen LogP contribution in [0.3, 0.4) is 0 Å². The van der Waals surface area contributed by atoms with E-state index in [0.717, 1.165) is 68.3 Å². The molecule has 3 fully saturated rings. The van der Waals surface area contributed by atoms with Crippen LogP contribution in [0.1, 0.15) is 36.0 Å². The Morgan fingerprint density at radius 3 is 2.38 bits per heavy atom. The van der Waals surface area contributed by atoms with E-state index in [4.69, 9.17) is 4.74 Å². The molecule has 5 heteroatoms. The lowest BCUT2D eigenvalue weighted by atomic mass is 9.85. The zero-order chi connectivity index (χ0) is 19.7. The Bertz CT molecular complexity index is 840. The first-order chi connectivity index (χ1) is 14.2. The van der Waals surface area contributed by atoms with Crippen molar-refractivity contribution in [1.82, 2.24) is 14.8 Å². The second-order valence-corrected chi connectivity index (χ2v) is 8.77. The maximum absolute atomic E-state index is 13.1. The van der Waals surface area contributed by atoms with Crippen molar-refractivity contribution < 1.29 is 9.53 Å². The lowest BCUT2D eigenvalue weighted by Crippen LogP contribution is -2.62. The molecule has 29 heavy (non-hydrogen) atoms. The van der Waals surface area contributed by atoms with Crippen molar-refractivity contribution in [3.05, 3.63) is 54.4 Å². The first kappa shape index (κ1) is 18.8. The number of aromatic nitrogens is 1. The van der Waals surface area contributed by atoms with Gasteiger partial charge in [0, 0.05) is 49.7 Å². The van der Waals surface area contributed by atoms with Crippen molar-refractivity contribution in [3.8, 4) is 11.1 Å². The molecule has 1 aromatic heterocycles. The van der Waals surface area contributed by atoms with Gasteiger partial charge >= 0.3 is 0 Å². The van der Waals surface area contributed by atoms with Crippen molar-refractivity contribution in [2.75, 3.05) is 39.4 Å². The molecule has 3 heterocycles. The Hall–Kier alpha value is -2.24. The van der Waals surface area contributed by atoms with Crippen molar-refractivity contribution in [1.29, 1.82) is 0 Å². The molecule has 0 radical (unpaired) electrons. The molecule has 152 valence electrons. The SMILES string of the molecule is O=C(c1ccc(-c2ccncc2)cc1)N1CCC2(CC1)COCCN2CC1CC1. The lowest BCUT2D eigenvalue weighted by molar-refractivity contribution is -0.0932. The monoisotopic (exact) mass is 391 g/mol. The number of hydrogen-bond donors (Lipinski definition) is 0. The summed E-state index contributed by atoms with van der Waals surface area (Å²) >= 11 is 0. The fraction of sp³-hybridized carbons (Fsp3) is 0.500. The Labute approximate surface area is 172 Å². The highest BCUT2D eigenvalue weighted by atomic mass is 16.5. The Morgan fingerprint density at radius 2 is 1.69 bits per heavy atom. The largest absolute Gasteiger partial charge is 0.378 e. The van der Waals surface area contributed by atoms with Gasteiger partial charge in [-0.1, -0.05) is 12.1 Å². The first-order valence-corrected chi connectivity index (χ1v) is 10.9. The Kier molecular flexibility index (Phi) is 5.10. The van der Waals surface area contributed by atoms with Gasteiger partial charge in [0.2, 0.25) is 0 Å². The van der Waals surface area contributed by atoms with Crippen molar-refractivity contribution in [2.24, 2.45) is 5.92 Å². The minimum Gasteiger partial charge on any atom is -0.378 e. The second kappa shape index (κ2) is 7.88. The van der Waals surface area contributed by atoms with Crippen LogP contribution in [0.2, 0.25) is 0 Å². The summed E-state index contributed by atoms with van der Waals surface area (Å²) < 4.78 is 5.88. The van der Waals surface area contributed by atoms with Crippen LogP contribution in [0.25, 0.3) is 11.1 Å². The molecular formula is C24H29N3O2. The molecule has 3 aliphatic rings. The molecule has 5 nitrogen and oxygen atoms in total. The predicted molar refractivity (Wildman–Crippen MR) is 113 cm³/mol. The molecule has 2 aromatic rings. The number of carbonyl (C=O) groups excluding carboxylic acids is 1. The standard InChI is InChI=1S/C24H29N3O2/c28-23(22-5-3-20(4-6-22)21-7-11-25-12-8-21)26-13-9-24(10-14-26)18-29-16-15-27(24)17-19-1-2-19/h3-8,11-12,19H,1-2,9-10,13-18H2. The number of morpholine rings is 1. The van der Waals surface area contributed by atoms with Gasteiger partial charge in [0.1, 0.15) is 0 Å². The minimum atomic E-state index is 0.142. The Balaban J connectivity index is 1.24. The molecule has 0 bridgehead atoms. The van der Waals surface area contributed by atoms with Crippen molar-refractivity contribution in [2.45, 2.75) is 31.2 Å². The van der Waals surface area contributed by atoms with E-state index in [9.17, 15) is 4.79 Å². The average Bonchev–Trinajstić information content (AvgIpc) is 3.61. The fourth-order valence-electron chi connectivity index (χ4n) is 4.78. The molecule has 1 amide bonds. The molecule has 0 atom stereocenters. The summed E-state index contributed by atoms with van der Waals surface area (Å²) in [7, 11) is 0. The number of ether oxygens (including phenoxy) is 1. The summed E-state index contributed by atoms with van der Waals surface area (Å²) in [6.07, 6.45) is 8.38. The van der Waals surface area contributed by atoms with Crippen LogP contribution in [0.5, 0.6) is 0 Å². The molecule has 2 saturated heterocycles. The third kappa shape index (κ3) is 3.94. The highest BCUT2D eigenvalue weighted by molar-refractivity contribution is 5.94. The first-order valence-electron chi connectivity index (χ1n) is 10.9. The van der Waals surface area contributed by atoms with E-state index in [1.54, 1.807) is 12.4 Å². The van der Waals surface area contributed by atoms with E-state index in [1.165, 1.54) is 19.4 Å². The van der Waals surface area contributed by atoms with Crippen LogP contribution in [-0.4, -0.2) is 65.6 Å². The van der Waals surface area contributed by atoms with Gasteiger partial charge in [0.05, 0.1) is 13.2 Å². The number of likely N-dealkylation sites (tertiary alicyclic amines) is 1. The van der Waals surface area contributed by atoms with Crippen LogP contribution in [0.4, 0.5) is 0 Å². The van der Waals surface area contributed by atoms with E-state index in [0.29, 0.717) is 0 Å². The molecule has 1 saturated carbocycles. The number of carbonyl (C=O) groups is 1. The number of benzene rings is 1. The van der Waals surface area contributed by atoms with Crippen molar-refractivity contribution >= 4 is 5.91 Å². The summed E-state index contributed by atoms with van der Waals surface area (Å²) in [6, 6.07) is 11.9. The van der Waals surface area contributed by atoms with E-state index in [-0.39, 0.29) is 11.4 Å². The highest BCUT2D eigenvalue weighted by Crippen LogP contribution is 2.37. The quantitative estimate of drug-likeness (QED) is 0.801. The Morgan fingerprint density at radius 1 is 1.00 bits per heavy atom. The number of nitrogens with zero attached hydrogens (tertiary/aromatic N) is 3. The minimum absolute atomic E-state index is 0.142. The fourth-order valence-corrected chi connectivity index (χ4v) is 4.78. The number of piperidine rings is 1.